The molecule has 1 heterocycles. The number of carbonyl (C=O) groups is 2. The molecule has 1 aliphatic heterocycles. The molecule has 3 aliphatic carbocycles. The lowest BCUT2D eigenvalue weighted by molar-refractivity contribution is -0.238. The second kappa shape index (κ2) is 5.92. The van der Waals surface area contributed by atoms with E-state index in [2.05, 4.69) is 26.8 Å². The van der Waals surface area contributed by atoms with Gasteiger partial charge in [-0.3, -0.25) is 4.79 Å². The molecule has 2 N–H and O–H groups in total. The van der Waals surface area contributed by atoms with E-state index in [1.807, 2.05) is 6.08 Å². The Morgan fingerprint density at radius 2 is 1.96 bits per heavy atom. The van der Waals surface area contributed by atoms with Crippen molar-refractivity contribution in [3.05, 3.63) is 23.3 Å². The highest BCUT2D eigenvalue weighted by molar-refractivity contribution is 5.92. The third-order valence-corrected chi connectivity index (χ3v) is 8.00. The first-order valence-corrected chi connectivity index (χ1v) is 10.1. The number of aliphatic hydroxyl groups is 2. The molecule has 0 aromatic heterocycles. The summed E-state index contributed by atoms with van der Waals surface area (Å²) in [5, 5.41) is 22.9. The standard InChI is InChI=1S/C22H30O6/c1-11-17-13(28-19(11)25)10-15-21(5)14(6-9-22(15,26)18(17)24)20(3,4)8-7-16(21)27-12(2)23/h7-8,13-16,18,24,26H,6,9-10H2,1-5H3. The number of hydrogen-bond donors (Lipinski definition) is 2. The Bertz CT molecular complexity index is 795. The quantitative estimate of drug-likeness (QED) is 0.527. The summed E-state index contributed by atoms with van der Waals surface area (Å²) >= 11 is 0. The molecule has 6 heteroatoms. The second-order valence-electron chi connectivity index (χ2n) is 9.82. The number of carbonyl (C=O) groups excluding carboxylic acids is 2. The van der Waals surface area contributed by atoms with Crippen molar-refractivity contribution in [3.8, 4) is 0 Å². The molecule has 4 rings (SSSR count). The van der Waals surface area contributed by atoms with Crippen LogP contribution >= 0.6 is 0 Å². The maximum absolute atomic E-state index is 12.1. The lowest BCUT2D eigenvalue weighted by Gasteiger charge is -2.64. The summed E-state index contributed by atoms with van der Waals surface area (Å²) in [6.07, 6.45) is 3.37. The van der Waals surface area contributed by atoms with Gasteiger partial charge in [-0.05, 0) is 43.6 Å². The first kappa shape index (κ1) is 19.6. The molecular weight excluding hydrogens is 360 g/mol. The van der Waals surface area contributed by atoms with E-state index < -0.39 is 35.3 Å². The van der Waals surface area contributed by atoms with Crippen LogP contribution in [-0.4, -0.2) is 46.1 Å². The van der Waals surface area contributed by atoms with E-state index in [1.54, 1.807) is 6.92 Å². The van der Waals surface area contributed by atoms with Gasteiger partial charge in [-0.15, -0.1) is 0 Å². The van der Waals surface area contributed by atoms with Crippen LogP contribution in [0.1, 0.15) is 53.9 Å². The molecule has 7 atom stereocenters. The average molecular weight is 390 g/mol. The fourth-order valence-electron chi connectivity index (χ4n) is 6.68. The second-order valence-corrected chi connectivity index (χ2v) is 9.82. The number of fused-ring (bicyclic) bond motifs is 4. The third kappa shape index (κ3) is 2.40. The lowest BCUT2D eigenvalue weighted by Crippen LogP contribution is -2.69. The van der Waals surface area contributed by atoms with E-state index in [4.69, 9.17) is 9.47 Å². The van der Waals surface area contributed by atoms with E-state index in [0.29, 0.717) is 30.4 Å². The molecule has 6 nitrogen and oxygen atoms in total. The minimum atomic E-state index is -1.38. The topological polar surface area (TPSA) is 93.1 Å². The van der Waals surface area contributed by atoms with Crippen LogP contribution in [0.3, 0.4) is 0 Å². The molecule has 2 fully saturated rings. The highest BCUT2D eigenvalue weighted by Crippen LogP contribution is 2.65. The van der Waals surface area contributed by atoms with Gasteiger partial charge in [0, 0.05) is 29.4 Å². The van der Waals surface area contributed by atoms with Crippen molar-refractivity contribution in [2.24, 2.45) is 22.7 Å². The summed E-state index contributed by atoms with van der Waals surface area (Å²) in [5.41, 5.74) is -1.20. The molecule has 0 saturated heterocycles. The number of hydrogen-bond acceptors (Lipinski definition) is 6. The van der Waals surface area contributed by atoms with Crippen molar-refractivity contribution in [2.75, 3.05) is 0 Å². The fourth-order valence-corrected chi connectivity index (χ4v) is 6.68. The van der Waals surface area contributed by atoms with Gasteiger partial charge in [0.25, 0.3) is 0 Å². The van der Waals surface area contributed by atoms with Gasteiger partial charge >= 0.3 is 11.9 Å². The van der Waals surface area contributed by atoms with Gasteiger partial charge in [0.05, 0.1) is 5.60 Å². The van der Waals surface area contributed by atoms with Crippen molar-refractivity contribution in [1.82, 2.24) is 0 Å². The fraction of sp³-hybridized carbons (Fsp3) is 0.727. The minimum absolute atomic E-state index is 0.143. The molecule has 2 saturated carbocycles. The first-order chi connectivity index (χ1) is 12.9. The smallest absolute Gasteiger partial charge is 0.334 e. The molecule has 28 heavy (non-hydrogen) atoms. The monoisotopic (exact) mass is 390 g/mol. The van der Waals surface area contributed by atoms with E-state index in [9.17, 15) is 19.8 Å². The summed E-state index contributed by atoms with van der Waals surface area (Å²) in [5.74, 6) is -1.03. The summed E-state index contributed by atoms with van der Waals surface area (Å²) < 4.78 is 11.2. The van der Waals surface area contributed by atoms with Gasteiger partial charge in [-0.25, -0.2) is 4.79 Å². The largest absolute Gasteiger partial charge is 0.458 e. The van der Waals surface area contributed by atoms with Crippen LogP contribution in [-0.2, 0) is 19.1 Å². The van der Waals surface area contributed by atoms with Gasteiger partial charge in [0.2, 0.25) is 0 Å². The zero-order valence-electron chi connectivity index (χ0n) is 17.2. The molecule has 0 bridgehead atoms. The molecular formula is C22H30O6. The van der Waals surface area contributed by atoms with Crippen LogP contribution in [0, 0.1) is 22.7 Å². The third-order valence-electron chi connectivity index (χ3n) is 8.00. The van der Waals surface area contributed by atoms with Crippen molar-refractivity contribution < 1.29 is 29.3 Å². The van der Waals surface area contributed by atoms with E-state index >= 15 is 0 Å². The summed E-state index contributed by atoms with van der Waals surface area (Å²) in [6, 6.07) is 0. The lowest BCUT2D eigenvalue weighted by atomic mass is 9.43. The number of esters is 2. The number of allylic oxidation sites excluding steroid dienone is 1. The molecule has 7 unspecified atom stereocenters. The van der Waals surface area contributed by atoms with E-state index in [1.165, 1.54) is 6.92 Å². The Balaban J connectivity index is 1.84. The predicted octanol–water partition coefficient (Wildman–Crippen LogP) is 2.28. The molecule has 154 valence electrons. The van der Waals surface area contributed by atoms with Crippen molar-refractivity contribution >= 4 is 11.9 Å². The molecule has 0 aromatic rings. The molecule has 0 aromatic carbocycles. The van der Waals surface area contributed by atoms with Crippen LogP contribution in [0.5, 0.6) is 0 Å². The molecule has 0 radical (unpaired) electrons. The highest BCUT2D eigenvalue weighted by Gasteiger charge is 2.68. The highest BCUT2D eigenvalue weighted by atomic mass is 16.6. The van der Waals surface area contributed by atoms with Crippen LogP contribution < -0.4 is 0 Å². The van der Waals surface area contributed by atoms with Gasteiger partial charge in [0.15, 0.2) is 0 Å². The van der Waals surface area contributed by atoms with Gasteiger partial charge < -0.3 is 19.7 Å². The summed E-state index contributed by atoms with van der Waals surface area (Å²) in [7, 11) is 0. The Hall–Kier alpha value is -1.66. The zero-order valence-corrected chi connectivity index (χ0v) is 17.2. The molecule has 0 amide bonds. The van der Waals surface area contributed by atoms with Gasteiger partial charge in [0.1, 0.15) is 18.3 Å². The minimum Gasteiger partial charge on any atom is -0.458 e. The van der Waals surface area contributed by atoms with Gasteiger partial charge in [-0.2, -0.15) is 0 Å². The van der Waals surface area contributed by atoms with Crippen molar-refractivity contribution in [3.63, 3.8) is 0 Å². The Morgan fingerprint density at radius 3 is 2.61 bits per heavy atom. The Kier molecular flexibility index (Phi) is 4.16. The maximum atomic E-state index is 12.1. The Labute approximate surface area is 165 Å². The first-order valence-electron chi connectivity index (χ1n) is 10.1. The van der Waals surface area contributed by atoms with Crippen molar-refractivity contribution in [2.45, 2.75) is 77.8 Å². The van der Waals surface area contributed by atoms with Crippen LogP contribution in [0.25, 0.3) is 0 Å². The van der Waals surface area contributed by atoms with Crippen LogP contribution in [0.15, 0.2) is 23.3 Å². The molecule has 4 aliphatic rings. The average Bonchev–Trinajstić information content (AvgIpc) is 2.87. The number of aliphatic hydroxyl groups excluding tert-OH is 1. The Morgan fingerprint density at radius 1 is 1.29 bits per heavy atom. The van der Waals surface area contributed by atoms with Crippen LogP contribution in [0.2, 0.25) is 0 Å². The number of rotatable bonds is 1. The summed E-state index contributed by atoms with van der Waals surface area (Å²) in [4.78, 5) is 23.9. The predicted molar refractivity (Wildman–Crippen MR) is 101 cm³/mol. The summed E-state index contributed by atoms with van der Waals surface area (Å²) in [6.45, 7) is 9.40. The van der Waals surface area contributed by atoms with Crippen molar-refractivity contribution in [1.29, 1.82) is 0 Å². The SMILES string of the molecule is CC(=O)OC1C=CC(C)(C)C2CCC3(O)C(O)C4=C(C)C(=O)OC4CC3C12C. The molecule has 0 spiro atoms. The maximum Gasteiger partial charge on any atom is 0.334 e. The zero-order chi connectivity index (χ0) is 20.6. The number of ether oxygens (including phenoxy) is 2. The normalized spacial score (nSPS) is 46.4. The van der Waals surface area contributed by atoms with E-state index in [-0.39, 0.29) is 23.2 Å². The van der Waals surface area contributed by atoms with E-state index in [0.717, 1.165) is 0 Å². The van der Waals surface area contributed by atoms with Gasteiger partial charge in [-0.1, -0.05) is 26.8 Å². The van der Waals surface area contributed by atoms with Crippen LogP contribution in [0.4, 0.5) is 0 Å².